The Bertz CT molecular complexity index is 578. The molecule has 1 heterocycles. The fraction of sp³-hybridized carbons (Fsp3) is 0.471. The van der Waals surface area contributed by atoms with Crippen molar-refractivity contribution in [3.8, 4) is 0 Å². The number of aryl methyl sites for hydroxylation is 1. The van der Waals surface area contributed by atoms with E-state index in [2.05, 4.69) is 55.5 Å². The molecular weight excluding hydrogens is 248 g/mol. The summed E-state index contributed by atoms with van der Waals surface area (Å²) in [4.78, 5) is 15.0. The van der Waals surface area contributed by atoms with Crippen LogP contribution in [0.15, 0.2) is 30.5 Å². The van der Waals surface area contributed by atoms with Crippen LogP contribution in [0.1, 0.15) is 39.2 Å². The van der Waals surface area contributed by atoms with Gasteiger partial charge in [0.25, 0.3) is 0 Å². The van der Waals surface area contributed by atoms with Gasteiger partial charge in [-0.3, -0.25) is 4.79 Å². The predicted molar refractivity (Wildman–Crippen MR) is 83.7 cm³/mol. The Morgan fingerprint density at radius 2 is 2.00 bits per heavy atom. The van der Waals surface area contributed by atoms with Crippen molar-refractivity contribution < 1.29 is 4.79 Å². The standard InChI is InChI=1S/C17H24N2O/c1-17(2,3)12-19-16(20)10-6-7-13-11-18-15-9-5-4-8-14(13)15/h4-5,8-9,11,18H,6-7,10,12H2,1-3H3,(H,19,20). The molecule has 20 heavy (non-hydrogen) atoms. The van der Waals surface area contributed by atoms with E-state index < -0.39 is 0 Å². The number of nitrogens with one attached hydrogen (secondary N) is 2. The molecule has 0 bridgehead atoms. The predicted octanol–water partition coefficient (Wildman–Crippen LogP) is 3.65. The summed E-state index contributed by atoms with van der Waals surface area (Å²) in [7, 11) is 0. The highest BCUT2D eigenvalue weighted by Gasteiger charge is 2.11. The van der Waals surface area contributed by atoms with Gasteiger partial charge in [-0.1, -0.05) is 39.0 Å². The topological polar surface area (TPSA) is 44.9 Å². The van der Waals surface area contributed by atoms with Crippen molar-refractivity contribution in [3.63, 3.8) is 0 Å². The largest absolute Gasteiger partial charge is 0.361 e. The number of carbonyl (C=O) groups is 1. The fourth-order valence-corrected chi connectivity index (χ4v) is 2.23. The third-order valence-corrected chi connectivity index (χ3v) is 3.34. The number of amides is 1. The molecule has 3 nitrogen and oxygen atoms in total. The van der Waals surface area contributed by atoms with Crippen LogP contribution in [-0.2, 0) is 11.2 Å². The van der Waals surface area contributed by atoms with E-state index >= 15 is 0 Å². The normalized spacial score (nSPS) is 11.8. The number of carbonyl (C=O) groups excluding carboxylic acids is 1. The van der Waals surface area contributed by atoms with Crippen LogP contribution in [0.25, 0.3) is 10.9 Å². The van der Waals surface area contributed by atoms with Gasteiger partial charge in [0, 0.05) is 30.1 Å². The van der Waals surface area contributed by atoms with E-state index in [1.165, 1.54) is 16.5 Å². The summed E-state index contributed by atoms with van der Waals surface area (Å²) >= 11 is 0. The van der Waals surface area contributed by atoms with E-state index in [9.17, 15) is 4.79 Å². The molecular formula is C17H24N2O. The van der Waals surface area contributed by atoms with Gasteiger partial charge in [0.2, 0.25) is 5.91 Å². The monoisotopic (exact) mass is 272 g/mol. The van der Waals surface area contributed by atoms with Gasteiger partial charge in [-0.15, -0.1) is 0 Å². The molecule has 0 aliphatic heterocycles. The molecule has 0 saturated carbocycles. The van der Waals surface area contributed by atoms with E-state index in [1.807, 2.05) is 6.07 Å². The minimum Gasteiger partial charge on any atom is -0.361 e. The molecule has 0 atom stereocenters. The van der Waals surface area contributed by atoms with E-state index in [0.717, 1.165) is 19.4 Å². The van der Waals surface area contributed by atoms with Crippen molar-refractivity contribution in [2.24, 2.45) is 5.41 Å². The molecule has 2 rings (SSSR count). The number of H-pyrrole nitrogens is 1. The van der Waals surface area contributed by atoms with Gasteiger partial charge in [0.1, 0.15) is 0 Å². The van der Waals surface area contributed by atoms with Crippen molar-refractivity contribution in [2.45, 2.75) is 40.0 Å². The summed E-state index contributed by atoms with van der Waals surface area (Å²) in [6, 6.07) is 8.29. The van der Waals surface area contributed by atoms with Crippen LogP contribution >= 0.6 is 0 Å². The summed E-state index contributed by atoms with van der Waals surface area (Å²) in [5.41, 5.74) is 2.61. The Labute approximate surface area is 120 Å². The Morgan fingerprint density at radius 1 is 1.25 bits per heavy atom. The van der Waals surface area contributed by atoms with Crippen LogP contribution in [0.5, 0.6) is 0 Å². The minimum absolute atomic E-state index is 0.145. The van der Waals surface area contributed by atoms with Crippen LogP contribution in [0.4, 0.5) is 0 Å². The van der Waals surface area contributed by atoms with Crippen molar-refractivity contribution in [2.75, 3.05) is 6.54 Å². The first kappa shape index (κ1) is 14.6. The zero-order valence-corrected chi connectivity index (χ0v) is 12.6. The third-order valence-electron chi connectivity index (χ3n) is 3.34. The molecule has 0 radical (unpaired) electrons. The Hall–Kier alpha value is -1.77. The van der Waals surface area contributed by atoms with Crippen LogP contribution in [-0.4, -0.2) is 17.4 Å². The maximum atomic E-state index is 11.8. The van der Waals surface area contributed by atoms with Crippen molar-refractivity contribution >= 4 is 16.8 Å². The maximum Gasteiger partial charge on any atom is 0.220 e. The van der Waals surface area contributed by atoms with E-state index in [1.54, 1.807) is 0 Å². The van der Waals surface area contributed by atoms with Crippen LogP contribution in [0, 0.1) is 5.41 Å². The van der Waals surface area contributed by atoms with E-state index in [0.29, 0.717) is 6.42 Å². The van der Waals surface area contributed by atoms with Crippen LogP contribution < -0.4 is 5.32 Å². The molecule has 108 valence electrons. The van der Waals surface area contributed by atoms with Gasteiger partial charge in [-0.2, -0.15) is 0 Å². The summed E-state index contributed by atoms with van der Waals surface area (Å²) < 4.78 is 0. The minimum atomic E-state index is 0.145. The Morgan fingerprint density at radius 3 is 2.75 bits per heavy atom. The number of hydrogen-bond acceptors (Lipinski definition) is 1. The van der Waals surface area contributed by atoms with Crippen molar-refractivity contribution in [1.29, 1.82) is 0 Å². The molecule has 0 aliphatic rings. The summed E-state index contributed by atoms with van der Waals surface area (Å²) in [5, 5.41) is 4.26. The van der Waals surface area contributed by atoms with Gasteiger partial charge in [0.05, 0.1) is 0 Å². The molecule has 0 unspecified atom stereocenters. The highest BCUT2D eigenvalue weighted by atomic mass is 16.1. The molecule has 1 aromatic heterocycles. The second-order valence-electron chi connectivity index (χ2n) is 6.55. The van der Waals surface area contributed by atoms with Gasteiger partial charge in [-0.05, 0) is 29.9 Å². The van der Waals surface area contributed by atoms with Gasteiger partial charge >= 0.3 is 0 Å². The van der Waals surface area contributed by atoms with E-state index in [-0.39, 0.29) is 11.3 Å². The lowest BCUT2D eigenvalue weighted by Crippen LogP contribution is -2.32. The molecule has 0 aliphatic carbocycles. The first-order chi connectivity index (χ1) is 9.46. The molecule has 2 N–H and O–H groups in total. The lowest BCUT2D eigenvalue weighted by atomic mass is 9.97. The average molecular weight is 272 g/mol. The van der Waals surface area contributed by atoms with Crippen LogP contribution in [0.2, 0.25) is 0 Å². The quantitative estimate of drug-likeness (QED) is 0.857. The highest BCUT2D eigenvalue weighted by molar-refractivity contribution is 5.83. The molecule has 2 aromatic rings. The van der Waals surface area contributed by atoms with Crippen LogP contribution in [0.3, 0.4) is 0 Å². The maximum absolute atomic E-state index is 11.8. The molecule has 0 saturated heterocycles. The summed E-state index contributed by atoms with van der Waals surface area (Å²) in [6.45, 7) is 7.11. The smallest absolute Gasteiger partial charge is 0.220 e. The number of benzene rings is 1. The number of rotatable bonds is 5. The van der Waals surface area contributed by atoms with Gasteiger partial charge < -0.3 is 10.3 Å². The number of hydrogen-bond donors (Lipinski definition) is 2. The second-order valence-corrected chi connectivity index (χ2v) is 6.55. The first-order valence-electron chi connectivity index (χ1n) is 7.27. The SMILES string of the molecule is CC(C)(C)CNC(=O)CCCc1c[nH]c2ccccc12. The second kappa shape index (κ2) is 6.12. The summed E-state index contributed by atoms with van der Waals surface area (Å²) in [5.74, 6) is 0.153. The first-order valence-corrected chi connectivity index (χ1v) is 7.27. The number of fused-ring (bicyclic) bond motifs is 1. The lowest BCUT2D eigenvalue weighted by molar-refractivity contribution is -0.121. The lowest BCUT2D eigenvalue weighted by Gasteiger charge is -2.18. The third kappa shape index (κ3) is 4.12. The van der Waals surface area contributed by atoms with Gasteiger partial charge in [-0.25, -0.2) is 0 Å². The fourth-order valence-electron chi connectivity index (χ4n) is 2.23. The average Bonchev–Trinajstić information content (AvgIpc) is 2.79. The highest BCUT2D eigenvalue weighted by Crippen LogP contribution is 2.19. The Balaban J connectivity index is 1.80. The molecule has 0 fully saturated rings. The molecule has 0 spiro atoms. The zero-order valence-electron chi connectivity index (χ0n) is 12.6. The van der Waals surface area contributed by atoms with Crippen molar-refractivity contribution in [3.05, 3.63) is 36.0 Å². The molecule has 3 heteroatoms. The number of aromatic nitrogens is 1. The zero-order chi connectivity index (χ0) is 14.6. The molecule has 1 aromatic carbocycles. The summed E-state index contributed by atoms with van der Waals surface area (Å²) in [6.07, 6.45) is 4.47. The Kier molecular flexibility index (Phi) is 4.48. The van der Waals surface area contributed by atoms with Crippen molar-refractivity contribution in [1.82, 2.24) is 10.3 Å². The molecule has 1 amide bonds. The van der Waals surface area contributed by atoms with Gasteiger partial charge in [0.15, 0.2) is 0 Å². The number of aromatic amines is 1. The van der Waals surface area contributed by atoms with E-state index in [4.69, 9.17) is 0 Å². The number of para-hydroxylation sites is 1.